The van der Waals surface area contributed by atoms with E-state index < -0.39 is 58.5 Å². The number of ketones is 1. The highest BCUT2D eigenvalue weighted by Gasteiger charge is 2.45. The molecule has 0 radical (unpaired) electrons. The Kier molecular flexibility index (Phi) is 12.4. The van der Waals surface area contributed by atoms with Crippen LogP contribution in [0.2, 0.25) is 0 Å². The summed E-state index contributed by atoms with van der Waals surface area (Å²) in [6.07, 6.45) is 9.39. The van der Waals surface area contributed by atoms with E-state index in [1.54, 1.807) is 20.8 Å². The van der Waals surface area contributed by atoms with Crippen molar-refractivity contribution in [1.29, 1.82) is 0 Å². The molecule has 0 aromatic rings. The quantitative estimate of drug-likeness (QED) is 0.182. The molecule has 1 saturated heterocycles. The highest BCUT2D eigenvalue weighted by atomic mass is 16.2. The first-order valence-electron chi connectivity index (χ1n) is 16.7. The van der Waals surface area contributed by atoms with Crippen LogP contribution in [0, 0.1) is 22.7 Å². The van der Waals surface area contributed by atoms with E-state index in [4.69, 9.17) is 0 Å². The lowest BCUT2D eigenvalue weighted by molar-refractivity contribution is -0.145. The lowest BCUT2D eigenvalue weighted by atomic mass is 9.81. The third-order valence-electron chi connectivity index (χ3n) is 9.14. The topological polar surface area (TPSA) is 154 Å². The number of hydrogen-bond acceptors (Lipinski definition) is 6. The number of hydrogen-bond donors (Lipinski definition) is 4. The highest BCUT2D eigenvalue weighted by Crippen LogP contribution is 2.34. The maximum atomic E-state index is 14.2. The lowest BCUT2D eigenvalue weighted by Gasteiger charge is -2.38. The molecule has 11 nitrogen and oxygen atoms in total. The largest absolute Gasteiger partial charge is 0.346 e. The second-order valence-corrected chi connectivity index (χ2v) is 15.2. The van der Waals surface area contributed by atoms with Crippen LogP contribution in [0.15, 0.2) is 12.7 Å². The van der Waals surface area contributed by atoms with E-state index >= 15 is 0 Å². The molecule has 0 aromatic heterocycles. The van der Waals surface area contributed by atoms with Gasteiger partial charge in [0.2, 0.25) is 29.4 Å². The Balaban J connectivity index is 1.78. The summed E-state index contributed by atoms with van der Waals surface area (Å²) >= 11 is 0. The van der Waals surface area contributed by atoms with Crippen LogP contribution in [-0.2, 0) is 28.8 Å². The molecule has 45 heavy (non-hydrogen) atoms. The number of nitrogens with one attached hydrogen (secondary N) is 4. The van der Waals surface area contributed by atoms with Crippen LogP contribution in [0.25, 0.3) is 0 Å². The summed E-state index contributed by atoms with van der Waals surface area (Å²) in [5.74, 6) is -2.73. The molecule has 2 saturated carbocycles. The number of amides is 5. The van der Waals surface area contributed by atoms with Crippen molar-refractivity contribution in [1.82, 2.24) is 26.2 Å². The van der Waals surface area contributed by atoms with Crippen molar-refractivity contribution < 1.29 is 28.8 Å². The van der Waals surface area contributed by atoms with Crippen LogP contribution in [0.3, 0.4) is 0 Å². The van der Waals surface area contributed by atoms with Gasteiger partial charge in [-0.3, -0.25) is 28.8 Å². The van der Waals surface area contributed by atoms with Crippen molar-refractivity contribution in [3.63, 3.8) is 0 Å². The summed E-state index contributed by atoms with van der Waals surface area (Å²) < 4.78 is 0. The molecule has 0 aromatic carbocycles. The summed E-state index contributed by atoms with van der Waals surface area (Å²) in [5, 5.41) is 11.2. The van der Waals surface area contributed by atoms with Crippen molar-refractivity contribution >= 4 is 35.3 Å². The number of Topliss-reactive ketones (excluding diaryl/α,β-unsaturated/α-hetero) is 1. The number of carbonyl (C=O) groups excluding carboxylic acids is 6. The van der Waals surface area contributed by atoms with Gasteiger partial charge < -0.3 is 26.2 Å². The fraction of sp³-hybridized carbons (Fsp3) is 0.765. The minimum Gasteiger partial charge on any atom is -0.346 e. The molecule has 1 aliphatic heterocycles. The van der Waals surface area contributed by atoms with Crippen LogP contribution < -0.4 is 21.3 Å². The van der Waals surface area contributed by atoms with Crippen LogP contribution in [0.4, 0.5) is 0 Å². The van der Waals surface area contributed by atoms with E-state index in [1.165, 1.54) is 11.0 Å². The molecule has 5 amide bonds. The molecule has 4 atom stereocenters. The molecule has 0 spiro atoms. The van der Waals surface area contributed by atoms with Gasteiger partial charge in [-0.05, 0) is 49.4 Å². The zero-order chi connectivity index (χ0) is 33.5. The SMILES string of the molecule is C=CCNC(=O)C(=O)C(CC1CC1)NC(=O)[C@@H]1CCCN1C(=O)[C@@H](NC(=O)[C@@H](NC(=O)C(C)(C)C)C1CCCCC1)C(C)(C)C. The zero-order valence-corrected chi connectivity index (χ0v) is 28.1. The van der Waals surface area contributed by atoms with Gasteiger partial charge in [0.25, 0.3) is 5.91 Å². The van der Waals surface area contributed by atoms with Crippen LogP contribution in [0.5, 0.6) is 0 Å². The van der Waals surface area contributed by atoms with E-state index in [1.807, 2.05) is 20.8 Å². The molecule has 11 heteroatoms. The van der Waals surface area contributed by atoms with E-state index in [0.29, 0.717) is 25.8 Å². The Labute approximate surface area is 268 Å². The van der Waals surface area contributed by atoms with Crippen molar-refractivity contribution in [2.75, 3.05) is 13.1 Å². The first-order valence-corrected chi connectivity index (χ1v) is 16.7. The first-order chi connectivity index (χ1) is 21.0. The van der Waals surface area contributed by atoms with Crippen molar-refractivity contribution in [2.24, 2.45) is 22.7 Å². The second kappa shape index (κ2) is 15.4. The lowest BCUT2D eigenvalue weighted by Crippen LogP contribution is -2.62. The molecule has 3 fully saturated rings. The van der Waals surface area contributed by atoms with Crippen molar-refractivity contribution in [2.45, 2.75) is 130 Å². The maximum absolute atomic E-state index is 14.2. The van der Waals surface area contributed by atoms with Gasteiger partial charge in [0.05, 0.1) is 6.04 Å². The summed E-state index contributed by atoms with van der Waals surface area (Å²) in [7, 11) is 0. The zero-order valence-electron chi connectivity index (χ0n) is 28.1. The van der Waals surface area contributed by atoms with Crippen LogP contribution in [0.1, 0.15) is 106 Å². The fourth-order valence-corrected chi connectivity index (χ4v) is 6.17. The minimum atomic E-state index is -0.979. The van der Waals surface area contributed by atoms with Gasteiger partial charge in [0.15, 0.2) is 0 Å². The Morgan fingerprint density at radius 3 is 2.04 bits per heavy atom. The minimum absolute atomic E-state index is 0.0318. The highest BCUT2D eigenvalue weighted by molar-refractivity contribution is 6.38. The summed E-state index contributed by atoms with van der Waals surface area (Å²) in [4.78, 5) is 81.5. The third-order valence-corrected chi connectivity index (χ3v) is 9.14. The molecule has 2 aliphatic carbocycles. The monoisotopic (exact) mass is 629 g/mol. The number of likely N-dealkylation sites (tertiary alicyclic amines) is 1. The molecular weight excluding hydrogens is 574 g/mol. The van der Waals surface area contributed by atoms with E-state index in [2.05, 4.69) is 27.8 Å². The predicted molar refractivity (Wildman–Crippen MR) is 172 cm³/mol. The summed E-state index contributed by atoms with van der Waals surface area (Å²) in [6.45, 7) is 15.0. The van der Waals surface area contributed by atoms with Gasteiger partial charge >= 0.3 is 0 Å². The van der Waals surface area contributed by atoms with E-state index in [0.717, 1.165) is 44.9 Å². The standard InChI is InChI=1S/C34H55N5O6/c1-8-18-35-30(43)26(40)23(20-21-16-17-21)36-28(41)24-15-12-19-39(24)31(44)27(33(2,3)4)38-29(42)25(22-13-10-9-11-14-22)37-32(45)34(5,6)7/h8,21-25,27H,1,9-20H2,2-7H3,(H,35,43)(H,36,41)(H,37,45)(H,38,42)/t23?,24-,25-,27+/m0/s1. The maximum Gasteiger partial charge on any atom is 0.289 e. The Morgan fingerprint density at radius 2 is 1.49 bits per heavy atom. The molecule has 252 valence electrons. The Hall–Kier alpha value is -3.24. The number of carbonyl (C=O) groups is 6. The molecule has 3 rings (SSSR count). The molecule has 1 unspecified atom stereocenters. The number of nitrogens with zero attached hydrogens (tertiary/aromatic N) is 1. The van der Waals surface area contributed by atoms with Crippen LogP contribution in [-0.4, -0.2) is 77.5 Å². The van der Waals surface area contributed by atoms with Gasteiger partial charge in [0, 0.05) is 18.5 Å². The fourth-order valence-electron chi connectivity index (χ4n) is 6.17. The van der Waals surface area contributed by atoms with Gasteiger partial charge in [-0.1, -0.05) is 79.7 Å². The summed E-state index contributed by atoms with van der Waals surface area (Å²) in [6, 6.07) is -3.54. The third kappa shape index (κ3) is 10.1. The van der Waals surface area contributed by atoms with Gasteiger partial charge in [-0.15, -0.1) is 6.58 Å². The van der Waals surface area contributed by atoms with Gasteiger partial charge in [-0.2, -0.15) is 0 Å². The van der Waals surface area contributed by atoms with Gasteiger partial charge in [-0.25, -0.2) is 0 Å². The summed E-state index contributed by atoms with van der Waals surface area (Å²) in [5.41, 5.74) is -1.39. The van der Waals surface area contributed by atoms with Crippen molar-refractivity contribution in [3.05, 3.63) is 12.7 Å². The normalized spacial score (nSPS) is 21.2. The average molecular weight is 630 g/mol. The smallest absolute Gasteiger partial charge is 0.289 e. The number of rotatable bonds is 13. The molecule has 4 N–H and O–H groups in total. The Bertz CT molecular complexity index is 1130. The molecule has 1 heterocycles. The van der Waals surface area contributed by atoms with Gasteiger partial charge in [0.1, 0.15) is 18.1 Å². The molecule has 3 aliphatic rings. The predicted octanol–water partition coefficient (Wildman–Crippen LogP) is 2.78. The average Bonchev–Trinajstić information content (AvgIpc) is 3.66. The molecular formula is C34H55N5O6. The second-order valence-electron chi connectivity index (χ2n) is 15.2. The molecule has 0 bridgehead atoms. The van der Waals surface area contributed by atoms with Crippen molar-refractivity contribution in [3.8, 4) is 0 Å². The van der Waals surface area contributed by atoms with Crippen LogP contribution >= 0.6 is 0 Å². The van der Waals surface area contributed by atoms with E-state index in [-0.39, 0.29) is 30.2 Å². The Morgan fingerprint density at radius 1 is 0.844 bits per heavy atom. The van der Waals surface area contributed by atoms with E-state index in [9.17, 15) is 28.8 Å². The first kappa shape index (κ1) is 36.2.